The standard InChI is InChI=1S/C16H20ClN5O2S/c1-4-22-14(11-5-7-12(17)8-6-11)20-21-16(22)25-9-13(23)19-15(24)18-10(2)3/h5-8,10H,4,9H2,1-3H3,(H2,18,19,23,24). The summed E-state index contributed by atoms with van der Waals surface area (Å²) in [6.07, 6.45) is 0. The van der Waals surface area contributed by atoms with Crippen molar-refractivity contribution in [3.63, 3.8) is 0 Å². The highest BCUT2D eigenvalue weighted by Crippen LogP contribution is 2.24. The van der Waals surface area contributed by atoms with Gasteiger partial charge in [-0.3, -0.25) is 10.1 Å². The molecule has 0 fully saturated rings. The van der Waals surface area contributed by atoms with Crippen LogP contribution in [0.5, 0.6) is 0 Å². The number of halogens is 1. The Bertz CT molecular complexity index is 745. The minimum absolute atomic E-state index is 0.0365. The average Bonchev–Trinajstić information content (AvgIpc) is 2.95. The normalized spacial score (nSPS) is 10.8. The Morgan fingerprint density at radius 1 is 1.24 bits per heavy atom. The molecule has 0 radical (unpaired) electrons. The molecule has 0 aliphatic rings. The minimum atomic E-state index is -0.501. The topological polar surface area (TPSA) is 88.9 Å². The zero-order valence-corrected chi connectivity index (χ0v) is 15.8. The molecule has 1 heterocycles. The first kappa shape index (κ1) is 19.3. The van der Waals surface area contributed by atoms with E-state index in [4.69, 9.17) is 11.6 Å². The molecule has 9 heteroatoms. The largest absolute Gasteiger partial charge is 0.336 e. The van der Waals surface area contributed by atoms with Crippen molar-refractivity contribution in [1.82, 2.24) is 25.4 Å². The third kappa shape index (κ3) is 5.47. The summed E-state index contributed by atoms with van der Waals surface area (Å²) in [4.78, 5) is 23.4. The van der Waals surface area contributed by atoms with Crippen LogP contribution in [0.2, 0.25) is 5.02 Å². The maximum absolute atomic E-state index is 11.9. The molecule has 2 N–H and O–H groups in total. The molecule has 0 unspecified atom stereocenters. The molecule has 0 saturated carbocycles. The number of hydrogen-bond acceptors (Lipinski definition) is 5. The van der Waals surface area contributed by atoms with Crippen LogP contribution in [-0.2, 0) is 11.3 Å². The first-order valence-electron chi connectivity index (χ1n) is 7.83. The number of thioether (sulfide) groups is 1. The Balaban J connectivity index is 2.02. The van der Waals surface area contributed by atoms with Gasteiger partial charge in [-0.15, -0.1) is 10.2 Å². The number of urea groups is 1. The Hall–Kier alpha value is -2.06. The van der Waals surface area contributed by atoms with E-state index in [1.54, 1.807) is 12.1 Å². The highest BCUT2D eigenvalue weighted by atomic mass is 35.5. The molecular formula is C16H20ClN5O2S. The van der Waals surface area contributed by atoms with Gasteiger partial charge >= 0.3 is 6.03 Å². The fourth-order valence-electron chi connectivity index (χ4n) is 2.08. The van der Waals surface area contributed by atoms with Gasteiger partial charge in [0, 0.05) is 23.2 Å². The fraction of sp³-hybridized carbons (Fsp3) is 0.375. The predicted molar refractivity (Wildman–Crippen MR) is 98.7 cm³/mol. The van der Waals surface area contributed by atoms with Crippen molar-refractivity contribution in [3.8, 4) is 11.4 Å². The maximum Gasteiger partial charge on any atom is 0.321 e. The zero-order valence-electron chi connectivity index (χ0n) is 14.2. The smallest absolute Gasteiger partial charge is 0.321 e. The highest BCUT2D eigenvalue weighted by molar-refractivity contribution is 7.99. The molecular weight excluding hydrogens is 362 g/mol. The van der Waals surface area contributed by atoms with Crippen LogP contribution in [0, 0.1) is 0 Å². The van der Waals surface area contributed by atoms with Crippen molar-refractivity contribution >= 4 is 35.3 Å². The molecule has 134 valence electrons. The summed E-state index contributed by atoms with van der Waals surface area (Å²) in [7, 11) is 0. The van der Waals surface area contributed by atoms with Gasteiger partial charge in [-0.2, -0.15) is 0 Å². The number of imide groups is 1. The predicted octanol–water partition coefficient (Wildman–Crippen LogP) is 2.94. The van der Waals surface area contributed by atoms with E-state index >= 15 is 0 Å². The SMILES string of the molecule is CCn1c(SCC(=O)NC(=O)NC(C)C)nnc1-c1ccc(Cl)cc1. The van der Waals surface area contributed by atoms with Gasteiger partial charge in [0.2, 0.25) is 5.91 Å². The highest BCUT2D eigenvalue weighted by Gasteiger charge is 2.15. The van der Waals surface area contributed by atoms with E-state index in [9.17, 15) is 9.59 Å². The van der Waals surface area contributed by atoms with E-state index in [1.165, 1.54) is 11.8 Å². The summed E-state index contributed by atoms with van der Waals surface area (Å²) >= 11 is 7.14. The molecule has 0 saturated heterocycles. The second-order valence-electron chi connectivity index (χ2n) is 5.52. The van der Waals surface area contributed by atoms with Gasteiger partial charge in [-0.25, -0.2) is 4.79 Å². The summed E-state index contributed by atoms with van der Waals surface area (Å²) in [6.45, 7) is 6.27. The molecule has 0 spiro atoms. The van der Waals surface area contributed by atoms with E-state index in [2.05, 4.69) is 20.8 Å². The number of aromatic nitrogens is 3. The van der Waals surface area contributed by atoms with Crippen molar-refractivity contribution in [3.05, 3.63) is 29.3 Å². The van der Waals surface area contributed by atoms with E-state index in [-0.39, 0.29) is 17.7 Å². The summed E-state index contributed by atoms with van der Waals surface area (Å²) < 4.78 is 1.91. The lowest BCUT2D eigenvalue weighted by molar-refractivity contribution is -0.117. The first-order chi connectivity index (χ1) is 11.9. The molecule has 25 heavy (non-hydrogen) atoms. The van der Waals surface area contributed by atoms with Crippen molar-refractivity contribution < 1.29 is 9.59 Å². The van der Waals surface area contributed by atoms with Gasteiger partial charge in [-0.1, -0.05) is 23.4 Å². The lowest BCUT2D eigenvalue weighted by Crippen LogP contribution is -2.43. The number of benzene rings is 1. The van der Waals surface area contributed by atoms with Crippen molar-refractivity contribution in [2.75, 3.05) is 5.75 Å². The van der Waals surface area contributed by atoms with Crippen LogP contribution < -0.4 is 10.6 Å². The number of amides is 3. The number of nitrogens with zero attached hydrogens (tertiary/aromatic N) is 3. The summed E-state index contributed by atoms with van der Waals surface area (Å²) in [5.41, 5.74) is 0.895. The third-order valence-corrected chi connectivity index (χ3v) is 4.36. The van der Waals surface area contributed by atoms with Crippen molar-refractivity contribution in [2.24, 2.45) is 0 Å². The number of rotatable bonds is 6. The minimum Gasteiger partial charge on any atom is -0.336 e. The summed E-state index contributed by atoms with van der Waals surface area (Å²) in [5, 5.41) is 14.5. The van der Waals surface area contributed by atoms with E-state index < -0.39 is 6.03 Å². The van der Waals surface area contributed by atoms with Crippen LogP contribution in [0.1, 0.15) is 20.8 Å². The van der Waals surface area contributed by atoms with Gasteiger partial charge < -0.3 is 9.88 Å². The van der Waals surface area contributed by atoms with E-state index in [1.807, 2.05) is 37.5 Å². The number of carbonyl (C=O) groups excluding carboxylic acids is 2. The molecule has 1 aromatic carbocycles. The van der Waals surface area contributed by atoms with Gasteiger partial charge in [-0.05, 0) is 45.0 Å². The molecule has 0 aliphatic heterocycles. The van der Waals surface area contributed by atoms with E-state index in [0.717, 1.165) is 5.56 Å². The van der Waals surface area contributed by atoms with Crippen LogP contribution >= 0.6 is 23.4 Å². The number of nitrogens with one attached hydrogen (secondary N) is 2. The summed E-state index contributed by atoms with van der Waals surface area (Å²) in [5.74, 6) is 0.394. The van der Waals surface area contributed by atoms with Gasteiger partial charge in [0.1, 0.15) is 0 Å². The van der Waals surface area contributed by atoms with E-state index in [0.29, 0.717) is 22.5 Å². The first-order valence-corrected chi connectivity index (χ1v) is 9.19. The van der Waals surface area contributed by atoms with Crippen molar-refractivity contribution in [1.29, 1.82) is 0 Å². The lowest BCUT2D eigenvalue weighted by atomic mass is 10.2. The van der Waals surface area contributed by atoms with Crippen LogP contribution in [0.15, 0.2) is 29.4 Å². The second-order valence-corrected chi connectivity index (χ2v) is 6.90. The van der Waals surface area contributed by atoms with Crippen LogP contribution in [0.3, 0.4) is 0 Å². The molecule has 0 bridgehead atoms. The number of hydrogen-bond donors (Lipinski definition) is 2. The van der Waals surface area contributed by atoms with Gasteiger partial charge in [0.05, 0.1) is 5.75 Å². The molecule has 0 atom stereocenters. The monoisotopic (exact) mass is 381 g/mol. The van der Waals surface area contributed by atoms with Gasteiger partial charge in [0.15, 0.2) is 11.0 Å². The van der Waals surface area contributed by atoms with Crippen LogP contribution in [0.4, 0.5) is 4.79 Å². The van der Waals surface area contributed by atoms with Gasteiger partial charge in [0.25, 0.3) is 0 Å². The Kier molecular flexibility index (Phi) is 6.83. The zero-order chi connectivity index (χ0) is 18.4. The number of carbonyl (C=O) groups is 2. The molecule has 7 nitrogen and oxygen atoms in total. The fourth-order valence-corrected chi connectivity index (χ4v) is 3.01. The molecule has 1 aromatic heterocycles. The Morgan fingerprint density at radius 2 is 1.92 bits per heavy atom. The second kappa shape index (κ2) is 8.87. The Labute approximate surface area is 155 Å². The van der Waals surface area contributed by atoms with Crippen LogP contribution in [0.25, 0.3) is 11.4 Å². The van der Waals surface area contributed by atoms with Crippen LogP contribution in [-0.4, -0.2) is 38.5 Å². The van der Waals surface area contributed by atoms with Crippen molar-refractivity contribution in [2.45, 2.75) is 38.5 Å². The lowest BCUT2D eigenvalue weighted by Gasteiger charge is -2.09. The average molecular weight is 382 g/mol. The Morgan fingerprint density at radius 3 is 2.52 bits per heavy atom. The summed E-state index contributed by atoms with van der Waals surface area (Å²) in [6, 6.07) is 6.79. The maximum atomic E-state index is 11.9. The molecule has 0 aliphatic carbocycles. The quantitative estimate of drug-likeness (QED) is 0.751. The molecule has 3 amide bonds. The third-order valence-electron chi connectivity index (χ3n) is 3.14. The molecule has 2 aromatic rings. The molecule has 2 rings (SSSR count).